The lowest BCUT2D eigenvalue weighted by Crippen LogP contribution is -2.29. The first-order valence-corrected chi connectivity index (χ1v) is 4.89. The van der Waals surface area contributed by atoms with E-state index in [0.29, 0.717) is 0 Å². The molecule has 1 aromatic rings. The third-order valence-electron chi connectivity index (χ3n) is 2.63. The molecule has 1 aromatic heterocycles. The SMILES string of the molecule is Cc1cn(C2(C)CCOC2)c(=S)[nH]1. The maximum Gasteiger partial charge on any atom is 0.177 e. The summed E-state index contributed by atoms with van der Waals surface area (Å²) in [5.41, 5.74) is 1.17. The molecule has 0 spiro atoms. The van der Waals surface area contributed by atoms with E-state index in [9.17, 15) is 0 Å². The third kappa shape index (κ3) is 1.44. The zero-order valence-corrected chi connectivity index (χ0v) is 8.78. The van der Waals surface area contributed by atoms with Crippen molar-refractivity contribution in [1.82, 2.24) is 9.55 Å². The second-order valence-electron chi connectivity index (χ2n) is 3.91. The van der Waals surface area contributed by atoms with E-state index in [0.717, 1.165) is 30.1 Å². The molecule has 13 heavy (non-hydrogen) atoms. The second kappa shape index (κ2) is 2.96. The predicted octanol–water partition coefficient (Wildman–Crippen LogP) is 1.99. The summed E-state index contributed by atoms with van der Waals surface area (Å²) in [7, 11) is 0. The standard InChI is InChI=1S/C9H14N2OS/c1-7-5-11(8(13)10-7)9(2)3-4-12-6-9/h5H,3-4,6H2,1-2H3,(H,10,13). The van der Waals surface area contributed by atoms with Gasteiger partial charge >= 0.3 is 0 Å². The van der Waals surface area contributed by atoms with Gasteiger partial charge in [-0.05, 0) is 32.5 Å². The number of nitrogens with zero attached hydrogens (tertiary/aromatic N) is 1. The normalized spacial score (nSPS) is 28.2. The van der Waals surface area contributed by atoms with Crippen molar-refractivity contribution in [3.8, 4) is 0 Å². The summed E-state index contributed by atoms with van der Waals surface area (Å²) in [4.78, 5) is 3.13. The Labute approximate surface area is 82.7 Å². The van der Waals surface area contributed by atoms with Gasteiger partial charge in [0.15, 0.2) is 4.77 Å². The van der Waals surface area contributed by atoms with Crippen LogP contribution in [0, 0.1) is 11.7 Å². The average Bonchev–Trinajstić information content (AvgIpc) is 2.59. The fourth-order valence-electron chi connectivity index (χ4n) is 1.76. The van der Waals surface area contributed by atoms with E-state index in [4.69, 9.17) is 17.0 Å². The zero-order valence-electron chi connectivity index (χ0n) is 7.96. The molecule has 0 aromatic carbocycles. The molecule has 1 aliphatic rings. The molecule has 1 unspecified atom stereocenters. The van der Waals surface area contributed by atoms with Crippen molar-refractivity contribution in [3.63, 3.8) is 0 Å². The van der Waals surface area contributed by atoms with Crippen LogP contribution in [0.5, 0.6) is 0 Å². The molecule has 1 aliphatic heterocycles. The molecule has 0 saturated carbocycles. The van der Waals surface area contributed by atoms with Gasteiger partial charge in [-0.3, -0.25) is 0 Å². The summed E-state index contributed by atoms with van der Waals surface area (Å²) < 4.78 is 8.31. The van der Waals surface area contributed by atoms with E-state index in [1.54, 1.807) is 0 Å². The quantitative estimate of drug-likeness (QED) is 0.699. The van der Waals surface area contributed by atoms with Gasteiger partial charge in [0.05, 0.1) is 12.1 Å². The molecule has 0 bridgehead atoms. The Kier molecular flexibility index (Phi) is 2.04. The highest BCUT2D eigenvalue weighted by Gasteiger charge is 2.31. The van der Waals surface area contributed by atoms with E-state index >= 15 is 0 Å². The predicted molar refractivity (Wildman–Crippen MR) is 53.4 cm³/mol. The minimum absolute atomic E-state index is 0.0574. The molecule has 2 heterocycles. The van der Waals surface area contributed by atoms with Gasteiger partial charge in [0.2, 0.25) is 0 Å². The number of imidazole rings is 1. The van der Waals surface area contributed by atoms with Gasteiger partial charge < -0.3 is 14.3 Å². The van der Waals surface area contributed by atoms with Gasteiger partial charge in [-0.2, -0.15) is 0 Å². The molecular formula is C9H14N2OS. The molecular weight excluding hydrogens is 184 g/mol. The van der Waals surface area contributed by atoms with E-state index in [2.05, 4.69) is 22.7 Å². The van der Waals surface area contributed by atoms with Crippen LogP contribution in [0.25, 0.3) is 0 Å². The van der Waals surface area contributed by atoms with Crippen LogP contribution in [0.15, 0.2) is 6.20 Å². The molecule has 2 rings (SSSR count). The first-order chi connectivity index (χ1) is 6.12. The molecule has 1 atom stereocenters. The van der Waals surface area contributed by atoms with Crippen LogP contribution in [0.1, 0.15) is 19.0 Å². The topological polar surface area (TPSA) is 29.9 Å². The maximum absolute atomic E-state index is 5.40. The van der Waals surface area contributed by atoms with Crippen LogP contribution in [0.4, 0.5) is 0 Å². The van der Waals surface area contributed by atoms with E-state index in [-0.39, 0.29) is 5.54 Å². The summed E-state index contributed by atoms with van der Waals surface area (Å²) >= 11 is 5.23. The maximum atomic E-state index is 5.40. The van der Waals surface area contributed by atoms with Crippen molar-refractivity contribution < 1.29 is 4.74 Å². The van der Waals surface area contributed by atoms with Crippen LogP contribution < -0.4 is 0 Å². The number of aryl methyl sites for hydroxylation is 1. The number of hydrogen-bond donors (Lipinski definition) is 1. The first kappa shape index (κ1) is 8.97. The number of hydrogen-bond acceptors (Lipinski definition) is 2. The Bertz CT molecular complexity index is 360. The van der Waals surface area contributed by atoms with Crippen LogP contribution >= 0.6 is 12.2 Å². The Hall–Kier alpha value is -0.610. The molecule has 0 amide bonds. The van der Waals surface area contributed by atoms with Crippen LogP contribution in [-0.2, 0) is 10.3 Å². The van der Waals surface area contributed by atoms with E-state index in [1.165, 1.54) is 0 Å². The second-order valence-corrected chi connectivity index (χ2v) is 4.30. The zero-order chi connectivity index (χ0) is 9.47. The molecule has 1 saturated heterocycles. The van der Waals surface area contributed by atoms with Crippen LogP contribution in [0.2, 0.25) is 0 Å². The molecule has 1 fully saturated rings. The van der Waals surface area contributed by atoms with Gasteiger partial charge in [0.1, 0.15) is 0 Å². The van der Waals surface area contributed by atoms with Crippen molar-refractivity contribution in [2.45, 2.75) is 25.8 Å². The Balaban J connectivity index is 2.44. The van der Waals surface area contributed by atoms with E-state index < -0.39 is 0 Å². The van der Waals surface area contributed by atoms with Crippen molar-refractivity contribution in [2.24, 2.45) is 0 Å². The summed E-state index contributed by atoms with van der Waals surface area (Å²) in [5.74, 6) is 0. The molecule has 0 radical (unpaired) electrons. The van der Waals surface area contributed by atoms with E-state index in [1.807, 2.05) is 6.92 Å². The highest BCUT2D eigenvalue weighted by molar-refractivity contribution is 7.71. The number of ether oxygens (including phenoxy) is 1. The van der Waals surface area contributed by atoms with Gasteiger partial charge in [-0.25, -0.2) is 0 Å². The fraction of sp³-hybridized carbons (Fsp3) is 0.667. The number of H-pyrrole nitrogens is 1. The minimum Gasteiger partial charge on any atom is -0.379 e. The lowest BCUT2D eigenvalue weighted by molar-refractivity contribution is 0.161. The number of rotatable bonds is 1. The van der Waals surface area contributed by atoms with Crippen molar-refractivity contribution in [1.29, 1.82) is 0 Å². The molecule has 3 nitrogen and oxygen atoms in total. The van der Waals surface area contributed by atoms with Crippen molar-refractivity contribution >= 4 is 12.2 Å². The smallest absolute Gasteiger partial charge is 0.177 e. The largest absolute Gasteiger partial charge is 0.379 e. The van der Waals surface area contributed by atoms with Gasteiger partial charge in [0, 0.05) is 18.5 Å². The minimum atomic E-state index is 0.0574. The fourth-order valence-corrected chi connectivity index (χ4v) is 2.19. The Morgan fingerprint density at radius 3 is 2.92 bits per heavy atom. The Morgan fingerprint density at radius 2 is 2.46 bits per heavy atom. The summed E-state index contributed by atoms with van der Waals surface area (Å²) in [5, 5.41) is 0. The lowest BCUT2D eigenvalue weighted by Gasteiger charge is -2.23. The highest BCUT2D eigenvalue weighted by atomic mass is 32.1. The average molecular weight is 198 g/mol. The first-order valence-electron chi connectivity index (χ1n) is 4.48. The van der Waals surface area contributed by atoms with Gasteiger partial charge in [0.25, 0.3) is 0 Å². The summed E-state index contributed by atoms with van der Waals surface area (Å²) in [6, 6.07) is 0. The lowest BCUT2D eigenvalue weighted by atomic mass is 10.0. The molecule has 4 heteroatoms. The monoisotopic (exact) mass is 198 g/mol. The number of aromatic amines is 1. The molecule has 72 valence electrons. The number of nitrogens with one attached hydrogen (secondary N) is 1. The summed E-state index contributed by atoms with van der Waals surface area (Å²) in [6.45, 7) is 5.80. The van der Waals surface area contributed by atoms with Crippen LogP contribution in [0.3, 0.4) is 0 Å². The van der Waals surface area contributed by atoms with Crippen molar-refractivity contribution in [2.75, 3.05) is 13.2 Å². The Morgan fingerprint density at radius 1 is 1.69 bits per heavy atom. The molecule has 1 N–H and O–H groups in total. The number of aromatic nitrogens is 2. The van der Waals surface area contributed by atoms with Gasteiger partial charge in [-0.15, -0.1) is 0 Å². The third-order valence-corrected chi connectivity index (χ3v) is 2.92. The van der Waals surface area contributed by atoms with Crippen LogP contribution in [-0.4, -0.2) is 22.8 Å². The molecule has 0 aliphatic carbocycles. The highest BCUT2D eigenvalue weighted by Crippen LogP contribution is 2.27. The van der Waals surface area contributed by atoms with Crippen molar-refractivity contribution in [3.05, 3.63) is 16.7 Å². The summed E-state index contributed by atoms with van der Waals surface area (Å²) in [6.07, 6.45) is 3.11. The van der Waals surface area contributed by atoms with Gasteiger partial charge in [-0.1, -0.05) is 0 Å².